The zero-order valence-corrected chi connectivity index (χ0v) is 14.9. The largest absolute Gasteiger partial charge is 0.332 e. The summed E-state index contributed by atoms with van der Waals surface area (Å²) in [7, 11) is 0. The van der Waals surface area contributed by atoms with E-state index >= 15 is 0 Å². The Morgan fingerprint density at radius 3 is 2.54 bits per heavy atom. The van der Waals surface area contributed by atoms with Crippen LogP contribution in [0.1, 0.15) is 26.8 Å². The van der Waals surface area contributed by atoms with Gasteiger partial charge in [0.25, 0.3) is 5.91 Å². The van der Waals surface area contributed by atoms with Crippen LogP contribution in [0.2, 0.25) is 0 Å². The normalized spacial score (nSPS) is 17.3. The fraction of sp³-hybridized carbons (Fsp3) is 0.333. The molecule has 0 bridgehead atoms. The van der Waals surface area contributed by atoms with Crippen molar-refractivity contribution in [2.24, 2.45) is 0 Å². The third-order valence-electron chi connectivity index (χ3n) is 4.21. The van der Waals surface area contributed by atoms with Crippen LogP contribution >= 0.6 is 0 Å². The first-order valence-corrected chi connectivity index (χ1v) is 8.43. The first-order chi connectivity index (χ1) is 12.4. The third kappa shape index (κ3) is 3.17. The number of aromatic nitrogens is 2. The first kappa shape index (κ1) is 17.7. The molecule has 8 nitrogen and oxygen atoms in total. The predicted octanol–water partition coefficient (Wildman–Crippen LogP) is 2.26. The quantitative estimate of drug-likeness (QED) is 0.834. The van der Waals surface area contributed by atoms with Crippen LogP contribution < -0.4 is 10.2 Å². The van der Waals surface area contributed by atoms with Crippen molar-refractivity contribution < 1.29 is 14.4 Å². The number of hydrogen-bond acceptors (Lipinski definition) is 4. The van der Waals surface area contributed by atoms with Gasteiger partial charge in [-0.15, -0.1) is 0 Å². The Balaban J connectivity index is 1.73. The van der Waals surface area contributed by atoms with Gasteiger partial charge in [-0.1, -0.05) is 18.2 Å². The summed E-state index contributed by atoms with van der Waals surface area (Å²) in [6.07, 6.45) is 1.58. The van der Waals surface area contributed by atoms with Gasteiger partial charge < -0.3 is 5.32 Å². The molecule has 0 spiro atoms. The number of nitrogens with one attached hydrogen (secondary N) is 1. The molecule has 1 saturated heterocycles. The molecule has 26 heavy (non-hydrogen) atoms. The van der Waals surface area contributed by atoms with Gasteiger partial charge in [0.05, 0.1) is 6.20 Å². The number of anilines is 2. The van der Waals surface area contributed by atoms with Gasteiger partial charge in [0.1, 0.15) is 18.4 Å². The van der Waals surface area contributed by atoms with Crippen LogP contribution in [-0.2, 0) is 9.59 Å². The molecule has 1 aliphatic rings. The van der Waals surface area contributed by atoms with Crippen LogP contribution in [0.25, 0.3) is 0 Å². The van der Waals surface area contributed by atoms with Crippen molar-refractivity contribution in [3.8, 4) is 0 Å². The van der Waals surface area contributed by atoms with Crippen molar-refractivity contribution in [3.63, 3.8) is 0 Å². The SMILES string of the molecule is CC1C(=O)N(CC(=O)Nc2ccnn2C(C)C)C(=O)N1c1ccccc1. The standard InChI is InChI=1S/C18H21N5O3/c1-12(2)23-15(9-10-19-23)20-16(24)11-21-17(25)13(3)22(18(21)26)14-7-5-4-6-8-14/h4-10,12-13H,11H2,1-3H3,(H,20,24). The Kier molecular flexibility index (Phi) is 4.75. The van der Waals surface area contributed by atoms with Crippen LogP contribution in [0, 0.1) is 0 Å². The molecule has 136 valence electrons. The van der Waals surface area contributed by atoms with Gasteiger partial charge in [-0.05, 0) is 32.9 Å². The minimum absolute atomic E-state index is 0.0731. The van der Waals surface area contributed by atoms with Crippen LogP contribution in [-0.4, -0.2) is 45.1 Å². The van der Waals surface area contributed by atoms with Crippen molar-refractivity contribution in [1.29, 1.82) is 0 Å². The monoisotopic (exact) mass is 355 g/mol. The summed E-state index contributed by atoms with van der Waals surface area (Å²) >= 11 is 0. The lowest BCUT2D eigenvalue weighted by Gasteiger charge is -2.19. The van der Waals surface area contributed by atoms with E-state index in [4.69, 9.17) is 0 Å². The second-order valence-corrected chi connectivity index (χ2v) is 6.39. The Morgan fingerprint density at radius 1 is 1.19 bits per heavy atom. The number of urea groups is 1. The topological polar surface area (TPSA) is 87.5 Å². The van der Waals surface area contributed by atoms with E-state index in [1.54, 1.807) is 48.1 Å². The van der Waals surface area contributed by atoms with Gasteiger partial charge in [0.2, 0.25) is 5.91 Å². The maximum absolute atomic E-state index is 12.7. The summed E-state index contributed by atoms with van der Waals surface area (Å²) in [5.74, 6) is -0.320. The number of rotatable bonds is 5. The number of nitrogens with zero attached hydrogens (tertiary/aromatic N) is 4. The zero-order valence-electron chi connectivity index (χ0n) is 14.9. The van der Waals surface area contributed by atoms with Crippen molar-refractivity contribution in [3.05, 3.63) is 42.6 Å². The van der Waals surface area contributed by atoms with E-state index in [1.807, 2.05) is 19.9 Å². The molecule has 1 atom stereocenters. The van der Waals surface area contributed by atoms with E-state index in [0.717, 1.165) is 4.90 Å². The van der Waals surface area contributed by atoms with Gasteiger partial charge >= 0.3 is 6.03 Å². The number of imide groups is 1. The van der Waals surface area contributed by atoms with E-state index in [0.29, 0.717) is 11.5 Å². The van der Waals surface area contributed by atoms with Crippen LogP contribution in [0.5, 0.6) is 0 Å². The molecule has 4 amide bonds. The summed E-state index contributed by atoms with van der Waals surface area (Å²) in [5, 5.41) is 6.85. The highest BCUT2D eigenvalue weighted by molar-refractivity contribution is 6.16. The summed E-state index contributed by atoms with van der Waals surface area (Å²) in [5.41, 5.74) is 0.624. The lowest BCUT2D eigenvalue weighted by molar-refractivity contribution is -0.130. The molecule has 1 aromatic carbocycles. The van der Waals surface area contributed by atoms with Gasteiger partial charge in [0.15, 0.2) is 0 Å². The highest BCUT2D eigenvalue weighted by atomic mass is 16.2. The summed E-state index contributed by atoms with van der Waals surface area (Å²) in [4.78, 5) is 39.9. The highest BCUT2D eigenvalue weighted by Gasteiger charge is 2.44. The maximum Gasteiger partial charge on any atom is 0.332 e. The summed E-state index contributed by atoms with van der Waals surface area (Å²) in [6, 6.07) is 9.53. The fourth-order valence-corrected chi connectivity index (χ4v) is 2.94. The van der Waals surface area contributed by atoms with E-state index in [1.165, 1.54) is 4.90 Å². The molecular weight excluding hydrogens is 334 g/mol. The minimum Gasteiger partial charge on any atom is -0.309 e. The molecule has 1 aliphatic heterocycles. The summed E-state index contributed by atoms with van der Waals surface area (Å²) < 4.78 is 1.66. The number of hydrogen-bond donors (Lipinski definition) is 1. The second-order valence-electron chi connectivity index (χ2n) is 6.39. The predicted molar refractivity (Wildman–Crippen MR) is 96.7 cm³/mol. The molecule has 0 aliphatic carbocycles. The van der Waals surface area contributed by atoms with E-state index in [2.05, 4.69) is 10.4 Å². The minimum atomic E-state index is -0.654. The molecular formula is C18H21N5O3. The van der Waals surface area contributed by atoms with Crippen LogP contribution in [0.4, 0.5) is 16.3 Å². The zero-order chi connectivity index (χ0) is 18.8. The molecule has 3 rings (SSSR count). The second kappa shape index (κ2) is 6.99. The number of amides is 4. The molecule has 1 fully saturated rings. The fourth-order valence-electron chi connectivity index (χ4n) is 2.94. The van der Waals surface area contributed by atoms with Crippen LogP contribution in [0.3, 0.4) is 0 Å². The number of carbonyl (C=O) groups is 3. The molecule has 1 N–H and O–H groups in total. The molecule has 8 heteroatoms. The smallest absolute Gasteiger partial charge is 0.309 e. The Labute approximate surface area is 151 Å². The lowest BCUT2D eigenvalue weighted by atomic mass is 10.2. The Hall–Kier alpha value is -3.16. The van der Waals surface area contributed by atoms with Gasteiger partial charge in [0, 0.05) is 17.8 Å². The molecule has 0 saturated carbocycles. The number of para-hydroxylation sites is 1. The van der Waals surface area contributed by atoms with E-state index in [-0.39, 0.29) is 12.6 Å². The number of benzene rings is 1. The van der Waals surface area contributed by atoms with Crippen LogP contribution in [0.15, 0.2) is 42.6 Å². The van der Waals surface area contributed by atoms with Gasteiger partial charge in [-0.25, -0.2) is 9.48 Å². The van der Waals surface area contributed by atoms with Crippen molar-refractivity contribution in [1.82, 2.24) is 14.7 Å². The molecule has 0 radical (unpaired) electrons. The molecule has 1 unspecified atom stereocenters. The Bertz CT molecular complexity index is 830. The van der Waals surface area contributed by atoms with Crippen molar-refractivity contribution in [2.45, 2.75) is 32.9 Å². The molecule has 1 aromatic heterocycles. The first-order valence-electron chi connectivity index (χ1n) is 8.43. The number of carbonyl (C=O) groups excluding carboxylic acids is 3. The third-order valence-corrected chi connectivity index (χ3v) is 4.21. The Morgan fingerprint density at radius 2 is 1.88 bits per heavy atom. The average molecular weight is 355 g/mol. The molecule has 2 aromatic rings. The van der Waals surface area contributed by atoms with Gasteiger partial charge in [-0.3, -0.25) is 19.4 Å². The highest BCUT2D eigenvalue weighted by Crippen LogP contribution is 2.25. The lowest BCUT2D eigenvalue weighted by Crippen LogP contribution is -2.39. The summed E-state index contributed by atoms with van der Waals surface area (Å²) in [6.45, 7) is 5.19. The van der Waals surface area contributed by atoms with Crippen molar-refractivity contribution >= 4 is 29.4 Å². The van der Waals surface area contributed by atoms with E-state index < -0.39 is 23.9 Å². The maximum atomic E-state index is 12.7. The molecule has 2 heterocycles. The van der Waals surface area contributed by atoms with Crippen molar-refractivity contribution in [2.75, 3.05) is 16.8 Å². The van der Waals surface area contributed by atoms with Gasteiger partial charge in [-0.2, -0.15) is 5.10 Å². The average Bonchev–Trinajstić information content (AvgIpc) is 3.15. The van der Waals surface area contributed by atoms with E-state index in [9.17, 15) is 14.4 Å².